The minimum absolute atomic E-state index is 0.261. The summed E-state index contributed by atoms with van der Waals surface area (Å²) < 4.78 is 14.4. The van der Waals surface area contributed by atoms with Crippen LogP contribution in [0.25, 0.3) is 5.69 Å². The Morgan fingerprint density at radius 3 is 2.48 bits per heavy atom. The molecule has 1 heterocycles. The minimum Gasteiger partial charge on any atom is -0.361 e. The molecular weight excluding hydrogens is 293 g/mol. The lowest BCUT2D eigenvalue weighted by molar-refractivity contribution is 0.627. The van der Waals surface area contributed by atoms with Crippen LogP contribution in [-0.4, -0.2) is 9.55 Å². The van der Waals surface area contributed by atoms with Crippen LogP contribution >= 0.6 is 0 Å². The summed E-state index contributed by atoms with van der Waals surface area (Å²) >= 11 is 0. The van der Waals surface area contributed by atoms with Gasteiger partial charge in [0.05, 0.1) is 0 Å². The van der Waals surface area contributed by atoms with Crippen molar-refractivity contribution in [1.82, 2.24) is 9.55 Å². The number of benzene rings is 2. The van der Waals surface area contributed by atoms with E-state index in [1.165, 1.54) is 22.3 Å². The molecule has 0 saturated heterocycles. The van der Waals surface area contributed by atoms with Crippen molar-refractivity contribution in [1.29, 1.82) is 0 Å². The third kappa shape index (κ3) is 3.45. The molecule has 1 aromatic heterocycles. The summed E-state index contributed by atoms with van der Waals surface area (Å²) in [6.07, 6.45) is 3.11. The maximum Gasteiger partial charge on any atom is 0.297 e. The smallest absolute Gasteiger partial charge is 0.297 e. The van der Waals surface area contributed by atoms with E-state index in [-0.39, 0.29) is 17.2 Å². The minimum atomic E-state index is -0.339. The number of hydrogen-bond acceptors (Lipinski definition) is 3. The summed E-state index contributed by atoms with van der Waals surface area (Å²) in [6, 6.07) is 13.8. The van der Waals surface area contributed by atoms with E-state index >= 15 is 0 Å². The van der Waals surface area contributed by atoms with Gasteiger partial charge in [-0.1, -0.05) is 29.8 Å². The Labute approximate surface area is 133 Å². The van der Waals surface area contributed by atoms with Crippen LogP contribution in [0.2, 0.25) is 0 Å². The van der Waals surface area contributed by atoms with Gasteiger partial charge in [0.25, 0.3) is 5.56 Å². The third-order valence-electron chi connectivity index (χ3n) is 3.53. The van der Waals surface area contributed by atoms with Crippen LogP contribution in [0.3, 0.4) is 0 Å². The van der Waals surface area contributed by atoms with Crippen LogP contribution in [0.15, 0.2) is 65.7 Å². The molecule has 116 valence electrons. The first kappa shape index (κ1) is 15.0. The van der Waals surface area contributed by atoms with E-state index in [0.717, 1.165) is 5.56 Å². The molecule has 5 heteroatoms. The highest BCUT2D eigenvalue weighted by Crippen LogP contribution is 2.08. The van der Waals surface area contributed by atoms with Crippen LogP contribution in [0.1, 0.15) is 11.1 Å². The van der Waals surface area contributed by atoms with Crippen molar-refractivity contribution in [3.05, 3.63) is 88.2 Å². The van der Waals surface area contributed by atoms with E-state index in [0.29, 0.717) is 12.2 Å². The molecular formula is C18H16FN3O. The topological polar surface area (TPSA) is 46.9 Å². The SMILES string of the molecule is Cc1ccc(CNc2nccn(-c3ccc(F)cc3)c2=O)cc1. The van der Waals surface area contributed by atoms with Gasteiger partial charge in [-0.15, -0.1) is 0 Å². The standard InChI is InChI=1S/C18H16FN3O/c1-13-2-4-14(5-3-13)12-21-17-18(23)22(11-10-20-17)16-8-6-15(19)7-9-16/h2-11H,12H2,1H3,(H,20,21). The molecule has 0 atom stereocenters. The van der Waals surface area contributed by atoms with Crippen LogP contribution in [0, 0.1) is 12.7 Å². The largest absolute Gasteiger partial charge is 0.361 e. The second kappa shape index (κ2) is 6.44. The van der Waals surface area contributed by atoms with Gasteiger partial charge >= 0.3 is 0 Å². The molecule has 0 radical (unpaired) electrons. The second-order valence-electron chi connectivity index (χ2n) is 5.27. The van der Waals surface area contributed by atoms with Crippen molar-refractivity contribution in [2.75, 3.05) is 5.32 Å². The lowest BCUT2D eigenvalue weighted by Gasteiger charge is -2.09. The molecule has 4 nitrogen and oxygen atoms in total. The van der Waals surface area contributed by atoms with Crippen LogP contribution in [0.4, 0.5) is 10.2 Å². The molecule has 0 aliphatic carbocycles. The molecule has 1 N–H and O–H groups in total. The average molecular weight is 309 g/mol. The van der Waals surface area contributed by atoms with Gasteiger partial charge in [-0.2, -0.15) is 0 Å². The van der Waals surface area contributed by atoms with Gasteiger partial charge in [0.15, 0.2) is 5.82 Å². The normalized spacial score (nSPS) is 10.5. The van der Waals surface area contributed by atoms with Gasteiger partial charge in [-0.25, -0.2) is 9.37 Å². The number of nitrogens with zero attached hydrogens (tertiary/aromatic N) is 2. The fraction of sp³-hybridized carbons (Fsp3) is 0.111. The van der Waals surface area contributed by atoms with Gasteiger partial charge in [-0.3, -0.25) is 9.36 Å². The number of anilines is 1. The highest BCUT2D eigenvalue weighted by molar-refractivity contribution is 5.39. The van der Waals surface area contributed by atoms with Crippen molar-refractivity contribution in [2.45, 2.75) is 13.5 Å². The summed E-state index contributed by atoms with van der Waals surface area (Å²) in [5.74, 6) is -0.0778. The molecule has 0 bridgehead atoms. The quantitative estimate of drug-likeness (QED) is 0.804. The first-order chi connectivity index (χ1) is 11.1. The second-order valence-corrected chi connectivity index (χ2v) is 5.27. The Morgan fingerprint density at radius 2 is 1.78 bits per heavy atom. The third-order valence-corrected chi connectivity index (χ3v) is 3.53. The van der Waals surface area contributed by atoms with Crippen molar-refractivity contribution in [3.8, 4) is 5.69 Å². The van der Waals surface area contributed by atoms with E-state index in [4.69, 9.17) is 0 Å². The van der Waals surface area contributed by atoms with Crippen LogP contribution in [-0.2, 0) is 6.54 Å². The predicted molar refractivity (Wildman–Crippen MR) is 88.3 cm³/mol. The summed E-state index contributed by atoms with van der Waals surface area (Å²) in [4.78, 5) is 16.6. The molecule has 0 unspecified atom stereocenters. The number of halogens is 1. The zero-order valence-corrected chi connectivity index (χ0v) is 12.7. The highest BCUT2D eigenvalue weighted by atomic mass is 19.1. The maximum atomic E-state index is 13.0. The lowest BCUT2D eigenvalue weighted by atomic mass is 10.1. The molecule has 2 aromatic carbocycles. The first-order valence-corrected chi connectivity index (χ1v) is 7.26. The Kier molecular flexibility index (Phi) is 4.19. The number of aromatic nitrogens is 2. The number of nitrogens with one attached hydrogen (secondary N) is 1. The van der Waals surface area contributed by atoms with E-state index in [1.54, 1.807) is 24.5 Å². The summed E-state index contributed by atoms with van der Waals surface area (Å²) in [6.45, 7) is 2.53. The zero-order valence-electron chi connectivity index (χ0n) is 12.7. The van der Waals surface area contributed by atoms with E-state index in [1.807, 2.05) is 31.2 Å². The molecule has 0 spiro atoms. The summed E-state index contributed by atoms with van der Waals surface area (Å²) in [5, 5.41) is 3.05. The fourth-order valence-electron chi connectivity index (χ4n) is 2.23. The lowest BCUT2D eigenvalue weighted by Crippen LogP contribution is -2.23. The zero-order chi connectivity index (χ0) is 16.2. The van der Waals surface area contributed by atoms with Gasteiger partial charge < -0.3 is 5.32 Å². The van der Waals surface area contributed by atoms with Crippen LogP contribution in [0.5, 0.6) is 0 Å². The Bertz CT molecular complexity index is 855. The van der Waals surface area contributed by atoms with Crippen molar-refractivity contribution < 1.29 is 4.39 Å². The van der Waals surface area contributed by atoms with Gasteiger partial charge in [0, 0.05) is 24.6 Å². The molecule has 23 heavy (non-hydrogen) atoms. The number of aryl methyl sites for hydroxylation is 1. The van der Waals surface area contributed by atoms with Gasteiger partial charge in [0.1, 0.15) is 5.82 Å². The van der Waals surface area contributed by atoms with E-state index < -0.39 is 0 Å². The molecule has 0 aliphatic rings. The number of hydrogen-bond donors (Lipinski definition) is 1. The fourth-order valence-corrected chi connectivity index (χ4v) is 2.23. The van der Waals surface area contributed by atoms with E-state index in [9.17, 15) is 9.18 Å². The van der Waals surface area contributed by atoms with Gasteiger partial charge in [0.2, 0.25) is 0 Å². The van der Waals surface area contributed by atoms with Gasteiger partial charge in [-0.05, 0) is 36.8 Å². The first-order valence-electron chi connectivity index (χ1n) is 7.26. The average Bonchev–Trinajstić information content (AvgIpc) is 2.56. The Morgan fingerprint density at radius 1 is 1.09 bits per heavy atom. The Balaban J connectivity index is 1.83. The summed E-state index contributed by atoms with van der Waals surface area (Å²) in [7, 11) is 0. The summed E-state index contributed by atoms with van der Waals surface area (Å²) in [5.41, 5.74) is 2.57. The molecule has 0 saturated carbocycles. The monoisotopic (exact) mass is 309 g/mol. The van der Waals surface area contributed by atoms with Crippen molar-refractivity contribution >= 4 is 5.82 Å². The van der Waals surface area contributed by atoms with Crippen molar-refractivity contribution in [3.63, 3.8) is 0 Å². The predicted octanol–water partition coefficient (Wildman–Crippen LogP) is 3.29. The molecule has 0 amide bonds. The maximum absolute atomic E-state index is 13.0. The van der Waals surface area contributed by atoms with E-state index in [2.05, 4.69) is 10.3 Å². The Hall–Kier alpha value is -2.95. The molecule has 3 aromatic rings. The van der Waals surface area contributed by atoms with Crippen molar-refractivity contribution in [2.24, 2.45) is 0 Å². The molecule has 0 aliphatic heterocycles. The molecule has 3 rings (SSSR count). The van der Waals surface area contributed by atoms with Crippen LogP contribution < -0.4 is 10.9 Å². The number of rotatable bonds is 4. The molecule has 0 fully saturated rings. The highest BCUT2D eigenvalue weighted by Gasteiger charge is 2.06.